The molecular formula is C15H23N3O3. The number of aromatic nitrogens is 1. The monoisotopic (exact) mass is 293 g/mol. The lowest BCUT2D eigenvalue weighted by molar-refractivity contribution is -0.137. The van der Waals surface area contributed by atoms with Crippen molar-refractivity contribution >= 4 is 12.0 Å². The molecule has 0 spiro atoms. The zero-order valence-corrected chi connectivity index (χ0v) is 12.7. The topological polar surface area (TPSA) is 82.5 Å². The smallest absolute Gasteiger partial charge is 0.317 e. The summed E-state index contributed by atoms with van der Waals surface area (Å²) in [7, 11) is 0. The maximum absolute atomic E-state index is 12.3. The van der Waals surface area contributed by atoms with E-state index in [-0.39, 0.29) is 24.4 Å². The molecule has 2 amide bonds. The number of nitrogens with one attached hydrogen (secondary N) is 1. The van der Waals surface area contributed by atoms with E-state index in [1.54, 1.807) is 17.3 Å². The van der Waals surface area contributed by atoms with Gasteiger partial charge >= 0.3 is 12.0 Å². The Morgan fingerprint density at radius 1 is 1.33 bits per heavy atom. The maximum atomic E-state index is 12.3. The molecule has 0 fully saturated rings. The van der Waals surface area contributed by atoms with Crippen LogP contribution in [-0.2, 0) is 11.3 Å². The Hall–Kier alpha value is -2.11. The Bertz CT molecular complexity index is 462. The third-order valence-electron chi connectivity index (χ3n) is 3.30. The summed E-state index contributed by atoms with van der Waals surface area (Å²) in [5, 5.41) is 11.7. The van der Waals surface area contributed by atoms with E-state index in [0.29, 0.717) is 13.1 Å². The van der Waals surface area contributed by atoms with Gasteiger partial charge in [-0.15, -0.1) is 0 Å². The fourth-order valence-corrected chi connectivity index (χ4v) is 1.93. The van der Waals surface area contributed by atoms with Crippen molar-refractivity contribution in [2.75, 3.05) is 6.54 Å². The highest BCUT2D eigenvalue weighted by molar-refractivity contribution is 5.76. The number of aliphatic carboxylic acids is 1. The molecule has 1 aromatic rings. The average molecular weight is 293 g/mol. The van der Waals surface area contributed by atoms with Crippen LogP contribution in [0.15, 0.2) is 24.5 Å². The largest absolute Gasteiger partial charge is 0.481 e. The van der Waals surface area contributed by atoms with E-state index < -0.39 is 5.97 Å². The summed E-state index contributed by atoms with van der Waals surface area (Å²) in [6.07, 6.45) is 3.29. The van der Waals surface area contributed by atoms with E-state index in [2.05, 4.69) is 10.3 Å². The summed E-state index contributed by atoms with van der Waals surface area (Å²) in [6, 6.07) is 3.09. The van der Waals surface area contributed by atoms with Crippen LogP contribution in [0.1, 0.15) is 32.8 Å². The Morgan fingerprint density at radius 2 is 1.95 bits per heavy atom. The molecule has 0 radical (unpaired) electrons. The molecule has 0 aromatic carbocycles. The molecule has 1 rings (SSSR count). The maximum Gasteiger partial charge on any atom is 0.317 e. The summed E-state index contributed by atoms with van der Waals surface area (Å²) in [5.41, 5.74) is 0.987. The SMILES string of the molecule is CCN(Cc1ccncc1)C(=O)NC(CC(=O)O)C(C)C. The van der Waals surface area contributed by atoms with E-state index in [1.165, 1.54) is 0 Å². The van der Waals surface area contributed by atoms with Gasteiger partial charge < -0.3 is 15.3 Å². The van der Waals surface area contributed by atoms with Gasteiger partial charge in [-0.1, -0.05) is 13.8 Å². The number of carboxylic acids is 1. The second-order valence-corrected chi connectivity index (χ2v) is 5.27. The fraction of sp³-hybridized carbons (Fsp3) is 0.533. The average Bonchev–Trinajstić information content (AvgIpc) is 2.44. The fourth-order valence-electron chi connectivity index (χ4n) is 1.93. The van der Waals surface area contributed by atoms with Crippen molar-refractivity contribution in [3.63, 3.8) is 0 Å². The van der Waals surface area contributed by atoms with Crippen LogP contribution in [0.3, 0.4) is 0 Å². The first kappa shape index (κ1) is 16.9. The van der Waals surface area contributed by atoms with Crippen LogP contribution in [0.25, 0.3) is 0 Å². The molecular weight excluding hydrogens is 270 g/mol. The van der Waals surface area contributed by atoms with Crippen molar-refractivity contribution in [2.24, 2.45) is 5.92 Å². The first-order chi connectivity index (χ1) is 9.93. The minimum Gasteiger partial charge on any atom is -0.481 e. The van der Waals surface area contributed by atoms with Crippen molar-refractivity contribution in [3.05, 3.63) is 30.1 Å². The van der Waals surface area contributed by atoms with Gasteiger partial charge in [-0.05, 0) is 30.5 Å². The minimum atomic E-state index is -0.911. The highest BCUT2D eigenvalue weighted by Gasteiger charge is 2.22. The summed E-state index contributed by atoms with van der Waals surface area (Å²) in [5.74, 6) is -0.851. The van der Waals surface area contributed by atoms with Crippen LogP contribution in [0.4, 0.5) is 4.79 Å². The molecule has 0 aliphatic carbocycles. The molecule has 0 saturated carbocycles. The first-order valence-electron chi connectivity index (χ1n) is 7.10. The molecule has 1 unspecified atom stereocenters. The molecule has 0 aliphatic heterocycles. The second kappa shape index (κ2) is 8.24. The Kier molecular flexibility index (Phi) is 6.65. The molecule has 0 saturated heterocycles. The van der Waals surface area contributed by atoms with Crippen LogP contribution in [0, 0.1) is 5.92 Å². The normalized spacial score (nSPS) is 12.0. The number of hydrogen-bond acceptors (Lipinski definition) is 3. The lowest BCUT2D eigenvalue weighted by Crippen LogP contribution is -2.47. The van der Waals surface area contributed by atoms with E-state index in [0.717, 1.165) is 5.56 Å². The van der Waals surface area contributed by atoms with Gasteiger partial charge in [0.2, 0.25) is 0 Å². The van der Waals surface area contributed by atoms with E-state index in [1.807, 2.05) is 32.9 Å². The summed E-state index contributed by atoms with van der Waals surface area (Å²) in [6.45, 7) is 6.71. The third kappa shape index (κ3) is 5.81. The van der Waals surface area contributed by atoms with Crippen LogP contribution in [0.5, 0.6) is 0 Å². The molecule has 0 aliphatic rings. The van der Waals surface area contributed by atoms with E-state index in [9.17, 15) is 9.59 Å². The number of amides is 2. The van der Waals surface area contributed by atoms with E-state index >= 15 is 0 Å². The molecule has 1 aromatic heterocycles. The van der Waals surface area contributed by atoms with Gasteiger partial charge in [-0.3, -0.25) is 9.78 Å². The van der Waals surface area contributed by atoms with Gasteiger partial charge in [0.1, 0.15) is 0 Å². The number of carbonyl (C=O) groups excluding carboxylic acids is 1. The molecule has 1 heterocycles. The molecule has 6 heteroatoms. The number of urea groups is 1. The van der Waals surface area contributed by atoms with Crippen LogP contribution in [-0.4, -0.2) is 39.6 Å². The first-order valence-corrected chi connectivity index (χ1v) is 7.10. The molecule has 2 N–H and O–H groups in total. The Balaban J connectivity index is 2.67. The van der Waals surface area contributed by atoms with Gasteiger partial charge in [-0.2, -0.15) is 0 Å². The molecule has 116 valence electrons. The predicted octanol–water partition coefficient (Wildman–Crippen LogP) is 2.11. The summed E-state index contributed by atoms with van der Waals surface area (Å²) >= 11 is 0. The number of rotatable bonds is 7. The van der Waals surface area contributed by atoms with Crippen LogP contribution >= 0.6 is 0 Å². The van der Waals surface area contributed by atoms with Gasteiger partial charge in [0.05, 0.1) is 6.42 Å². The second-order valence-electron chi connectivity index (χ2n) is 5.27. The molecule has 21 heavy (non-hydrogen) atoms. The van der Waals surface area contributed by atoms with Crippen molar-refractivity contribution in [1.29, 1.82) is 0 Å². The Labute approximate surface area is 125 Å². The highest BCUT2D eigenvalue weighted by Crippen LogP contribution is 2.09. The van der Waals surface area contributed by atoms with Gasteiger partial charge in [0.15, 0.2) is 0 Å². The Morgan fingerprint density at radius 3 is 2.43 bits per heavy atom. The third-order valence-corrected chi connectivity index (χ3v) is 3.30. The van der Waals surface area contributed by atoms with Gasteiger partial charge in [0, 0.05) is 31.5 Å². The zero-order valence-electron chi connectivity index (χ0n) is 12.7. The van der Waals surface area contributed by atoms with E-state index in [4.69, 9.17) is 5.11 Å². The molecule has 1 atom stereocenters. The van der Waals surface area contributed by atoms with Gasteiger partial charge in [-0.25, -0.2) is 4.79 Å². The van der Waals surface area contributed by atoms with Crippen LogP contribution < -0.4 is 5.32 Å². The van der Waals surface area contributed by atoms with Crippen molar-refractivity contribution in [2.45, 2.75) is 39.8 Å². The van der Waals surface area contributed by atoms with Crippen LogP contribution in [0.2, 0.25) is 0 Å². The number of carboxylic acid groups (broad SMARTS) is 1. The lowest BCUT2D eigenvalue weighted by atomic mass is 10.0. The highest BCUT2D eigenvalue weighted by atomic mass is 16.4. The van der Waals surface area contributed by atoms with Crippen molar-refractivity contribution in [1.82, 2.24) is 15.2 Å². The number of nitrogens with zero attached hydrogens (tertiary/aromatic N) is 2. The standard InChI is InChI=1S/C15H23N3O3/c1-4-18(10-12-5-7-16-8-6-12)15(21)17-13(11(2)3)9-14(19)20/h5-8,11,13H,4,9-10H2,1-3H3,(H,17,21)(H,19,20). The minimum absolute atomic E-state index is 0.0599. The quantitative estimate of drug-likeness (QED) is 0.806. The molecule has 0 bridgehead atoms. The lowest BCUT2D eigenvalue weighted by Gasteiger charge is -2.27. The predicted molar refractivity (Wildman–Crippen MR) is 79.7 cm³/mol. The van der Waals surface area contributed by atoms with Gasteiger partial charge in [0.25, 0.3) is 0 Å². The molecule has 6 nitrogen and oxygen atoms in total. The number of pyridine rings is 1. The summed E-state index contributed by atoms with van der Waals surface area (Å²) in [4.78, 5) is 28.7. The van der Waals surface area contributed by atoms with Crippen molar-refractivity contribution < 1.29 is 14.7 Å². The number of carbonyl (C=O) groups is 2. The van der Waals surface area contributed by atoms with Crippen molar-refractivity contribution in [3.8, 4) is 0 Å². The zero-order chi connectivity index (χ0) is 15.8. The summed E-state index contributed by atoms with van der Waals surface area (Å²) < 4.78 is 0. The number of hydrogen-bond donors (Lipinski definition) is 2.